The van der Waals surface area contributed by atoms with Crippen LogP contribution in [-0.2, 0) is 4.79 Å². The van der Waals surface area contributed by atoms with Gasteiger partial charge in [0.25, 0.3) is 0 Å². The van der Waals surface area contributed by atoms with Crippen molar-refractivity contribution >= 4 is 17.8 Å². The third-order valence-corrected chi connectivity index (χ3v) is 1.96. The lowest BCUT2D eigenvalue weighted by Gasteiger charge is -2.08. The Labute approximate surface area is 111 Å². The second-order valence-electron chi connectivity index (χ2n) is 3.57. The number of anilines is 2. The Hall–Kier alpha value is -2.16. The highest BCUT2D eigenvalue weighted by atomic mass is 16.5. The van der Waals surface area contributed by atoms with E-state index in [1.165, 1.54) is 0 Å². The minimum atomic E-state index is -0.152. The highest BCUT2D eigenvalue weighted by Gasteiger charge is 2.07. The number of nitrogens with zero attached hydrogens (tertiary/aromatic N) is 3. The van der Waals surface area contributed by atoms with E-state index in [-0.39, 0.29) is 30.4 Å². The predicted octanol–water partition coefficient (Wildman–Crippen LogP) is -0.506. The third kappa shape index (κ3) is 5.34. The van der Waals surface area contributed by atoms with E-state index < -0.39 is 0 Å². The van der Waals surface area contributed by atoms with Crippen molar-refractivity contribution in [3.05, 3.63) is 0 Å². The fourth-order valence-corrected chi connectivity index (χ4v) is 1.18. The molecule has 1 aromatic heterocycles. The number of rotatable bonds is 8. The molecule has 0 unspecified atom stereocenters. The number of hydrogen-bond acceptors (Lipinski definition) is 8. The lowest BCUT2D eigenvalue weighted by atomic mass is 10.5. The van der Waals surface area contributed by atoms with Crippen LogP contribution in [0.3, 0.4) is 0 Å². The Bertz CT molecular complexity index is 413. The number of likely N-dealkylation sites (N-methyl/N-ethyl adjacent to an activating group) is 1. The fourth-order valence-electron chi connectivity index (χ4n) is 1.18. The largest absolute Gasteiger partial charge is 0.463 e. The first kappa shape index (κ1) is 14.9. The molecule has 0 aliphatic carbocycles. The molecule has 0 spiro atoms. The lowest BCUT2D eigenvalue weighted by molar-refractivity contribution is -0.119. The van der Waals surface area contributed by atoms with Gasteiger partial charge in [-0.3, -0.25) is 10.2 Å². The summed E-state index contributed by atoms with van der Waals surface area (Å²) >= 11 is 0. The summed E-state index contributed by atoms with van der Waals surface area (Å²) in [6, 6.07) is 0.156. The number of hydrazine groups is 1. The fraction of sp³-hybridized carbons (Fsp3) is 0.600. The molecule has 1 rings (SSSR count). The van der Waals surface area contributed by atoms with Gasteiger partial charge in [0.2, 0.25) is 17.8 Å². The minimum absolute atomic E-state index is 0.0646. The molecule has 1 amide bonds. The molecule has 0 saturated heterocycles. The third-order valence-electron chi connectivity index (χ3n) is 1.96. The van der Waals surface area contributed by atoms with E-state index in [1.54, 1.807) is 0 Å². The SMILES string of the molecule is CCCOc1nc(NN)nc(NCC(=O)NCC)n1. The van der Waals surface area contributed by atoms with E-state index in [0.717, 1.165) is 6.42 Å². The molecule has 0 aromatic carbocycles. The van der Waals surface area contributed by atoms with Crippen molar-refractivity contribution in [1.29, 1.82) is 0 Å². The van der Waals surface area contributed by atoms with Crippen LogP contribution in [0.1, 0.15) is 20.3 Å². The van der Waals surface area contributed by atoms with Gasteiger partial charge in [-0.25, -0.2) is 5.84 Å². The molecule has 0 fully saturated rings. The van der Waals surface area contributed by atoms with Gasteiger partial charge in [-0.1, -0.05) is 6.92 Å². The van der Waals surface area contributed by atoms with Gasteiger partial charge in [0.05, 0.1) is 13.2 Å². The van der Waals surface area contributed by atoms with Crippen LogP contribution in [0.15, 0.2) is 0 Å². The van der Waals surface area contributed by atoms with Gasteiger partial charge in [-0.2, -0.15) is 15.0 Å². The Morgan fingerprint density at radius 3 is 2.63 bits per heavy atom. The molecule has 0 bridgehead atoms. The van der Waals surface area contributed by atoms with Crippen molar-refractivity contribution < 1.29 is 9.53 Å². The summed E-state index contributed by atoms with van der Waals surface area (Å²) in [4.78, 5) is 23.2. The number of ether oxygens (including phenoxy) is 1. The first-order valence-corrected chi connectivity index (χ1v) is 6.05. The quantitative estimate of drug-likeness (QED) is 0.367. The first-order chi connectivity index (χ1) is 9.19. The Balaban J connectivity index is 2.67. The number of hydrogen-bond donors (Lipinski definition) is 4. The molecule has 5 N–H and O–H groups in total. The number of carbonyl (C=O) groups is 1. The Kier molecular flexibility index (Phi) is 6.30. The van der Waals surface area contributed by atoms with E-state index in [1.807, 2.05) is 13.8 Å². The predicted molar refractivity (Wildman–Crippen MR) is 70.6 cm³/mol. The normalized spacial score (nSPS) is 9.84. The Morgan fingerprint density at radius 1 is 1.26 bits per heavy atom. The number of nitrogen functional groups attached to an aromatic ring is 1. The number of nitrogens with one attached hydrogen (secondary N) is 3. The van der Waals surface area contributed by atoms with Crippen LogP contribution in [-0.4, -0.2) is 40.6 Å². The molecule has 19 heavy (non-hydrogen) atoms. The molecule has 0 radical (unpaired) electrons. The van der Waals surface area contributed by atoms with Crippen LogP contribution in [0.2, 0.25) is 0 Å². The minimum Gasteiger partial charge on any atom is -0.463 e. The smallest absolute Gasteiger partial charge is 0.323 e. The summed E-state index contributed by atoms with van der Waals surface area (Å²) in [6.07, 6.45) is 0.832. The van der Waals surface area contributed by atoms with Crippen molar-refractivity contribution in [2.24, 2.45) is 5.84 Å². The highest BCUT2D eigenvalue weighted by molar-refractivity contribution is 5.80. The average molecular weight is 269 g/mol. The molecule has 1 heterocycles. The van der Waals surface area contributed by atoms with Gasteiger partial charge in [0, 0.05) is 6.54 Å². The van der Waals surface area contributed by atoms with E-state index in [4.69, 9.17) is 10.6 Å². The van der Waals surface area contributed by atoms with Gasteiger partial charge >= 0.3 is 6.01 Å². The standard InChI is InChI=1S/C10H19N7O2/c1-3-5-19-10-15-8(14-9(16-10)17-11)13-6-7(18)12-4-2/h3-6,11H2,1-2H3,(H,12,18)(H2,13,14,15,16,17). The van der Waals surface area contributed by atoms with Gasteiger partial charge in [-0.05, 0) is 13.3 Å². The summed E-state index contributed by atoms with van der Waals surface area (Å²) in [6.45, 7) is 4.93. The van der Waals surface area contributed by atoms with Gasteiger partial charge in [0.15, 0.2) is 0 Å². The number of nitrogens with two attached hydrogens (primary N) is 1. The Morgan fingerprint density at radius 2 is 2.00 bits per heavy atom. The van der Waals surface area contributed by atoms with Gasteiger partial charge < -0.3 is 15.4 Å². The van der Waals surface area contributed by atoms with Crippen molar-refractivity contribution in [3.63, 3.8) is 0 Å². The monoisotopic (exact) mass is 269 g/mol. The topological polar surface area (TPSA) is 127 Å². The summed E-state index contributed by atoms with van der Waals surface area (Å²) in [5.74, 6) is 5.49. The maximum Gasteiger partial charge on any atom is 0.323 e. The van der Waals surface area contributed by atoms with E-state index in [9.17, 15) is 4.79 Å². The van der Waals surface area contributed by atoms with Crippen LogP contribution in [0, 0.1) is 0 Å². The number of carbonyl (C=O) groups excluding carboxylic acids is 1. The summed E-state index contributed by atoms with van der Waals surface area (Å²) in [5.41, 5.74) is 2.31. The van der Waals surface area contributed by atoms with E-state index in [2.05, 4.69) is 31.0 Å². The summed E-state index contributed by atoms with van der Waals surface area (Å²) in [5, 5.41) is 5.42. The molecule has 0 aliphatic heterocycles. The van der Waals surface area contributed by atoms with Crippen molar-refractivity contribution in [3.8, 4) is 6.01 Å². The van der Waals surface area contributed by atoms with Crippen LogP contribution in [0.25, 0.3) is 0 Å². The highest BCUT2D eigenvalue weighted by Crippen LogP contribution is 2.10. The zero-order valence-corrected chi connectivity index (χ0v) is 11.1. The molecule has 9 heteroatoms. The van der Waals surface area contributed by atoms with Gasteiger partial charge in [0.1, 0.15) is 0 Å². The molecular formula is C10H19N7O2. The maximum absolute atomic E-state index is 11.3. The average Bonchev–Trinajstić information content (AvgIpc) is 2.43. The maximum atomic E-state index is 11.3. The van der Waals surface area contributed by atoms with Crippen LogP contribution >= 0.6 is 0 Å². The molecule has 9 nitrogen and oxygen atoms in total. The van der Waals surface area contributed by atoms with Crippen LogP contribution < -0.4 is 26.6 Å². The van der Waals surface area contributed by atoms with Crippen LogP contribution in [0.4, 0.5) is 11.9 Å². The first-order valence-electron chi connectivity index (χ1n) is 6.05. The zero-order chi connectivity index (χ0) is 14.1. The molecule has 0 atom stereocenters. The second-order valence-corrected chi connectivity index (χ2v) is 3.57. The van der Waals surface area contributed by atoms with E-state index in [0.29, 0.717) is 13.2 Å². The second kappa shape index (κ2) is 8.03. The summed E-state index contributed by atoms with van der Waals surface area (Å²) < 4.78 is 5.29. The summed E-state index contributed by atoms with van der Waals surface area (Å²) in [7, 11) is 0. The molecule has 1 aromatic rings. The molecule has 106 valence electrons. The van der Waals surface area contributed by atoms with Crippen molar-refractivity contribution in [2.45, 2.75) is 20.3 Å². The lowest BCUT2D eigenvalue weighted by Crippen LogP contribution is -2.30. The van der Waals surface area contributed by atoms with Crippen LogP contribution in [0.5, 0.6) is 6.01 Å². The van der Waals surface area contributed by atoms with Gasteiger partial charge in [-0.15, -0.1) is 0 Å². The zero-order valence-electron chi connectivity index (χ0n) is 11.1. The van der Waals surface area contributed by atoms with Crippen molar-refractivity contribution in [1.82, 2.24) is 20.3 Å². The molecule has 0 aliphatic rings. The van der Waals surface area contributed by atoms with Crippen molar-refractivity contribution in [2.75, 3.05) is 30.4 Å². The number of amides is 1. The number of aromatic nitrogens is 3. The van der Waals surface area contributed by atoms with E-state index >= 15 is 0 Å². The molecular weight excluding hydrogens is 250 g/mol. The molecule has 0 saturated carbocycles.